The molecule has 0 unspecified atom stereocenters. The van der Waals surface area contributed by atoms with E-state index in [0.29, 0.717) is 13.2 Å². The van der Waals surface area contributed by atoms with E-state index in [-0.39, 0.29) is 12.2 Å². The van der Waals surface area contributed by atoms with E-state index in [9.17, 15) is 0 Å². The van der Waals surface area contributed by atoms with Gasteiger partial charge < -0.3 is 27.9 Å². The lowest BCUT2D eigenvalue weighted by molar-refractivity contribution is -0.00430. The summed E-state index contributed by atoms with van der Waals surface area (Å²) in [6.45, 7) is 12.2. The van der Waals surface area contributed by atoms with Gasteiger partial charge in [-0.2, -0.15) is 0 Å². The number of benzene rings is 3. The quantitative estimate of drug-likeness (QED) is 0.428. The van der Waals surface area contributed by atoms with Gasteiger partial charge in [0.15, 0.2) is 0 Å². The molecule has 194 valence electrons. The van der Waals surface area contributed by atoms with E-state index >= 15 is 0 Å². The summed E-state index contributed by atoms with van der Waals surface area (Å²) in [6.07, 6.45) is 3.91. The number of rotatable bonds is 8. The summed E-state index contributed by atoms with van der Waals surface area (Å²) >= 11 is 0. The second kappa shape index (κ2) is 11.5. The van der Waals surface area contributed by atoms with Crippen molar-refractivity contribution in [2.75, 3.05) is 13.2 Å². The molecule has 0 N–H and O–H groups in total. The van der Waals surface area contributed by atoms with Crippen LogP contribution in [0.3, 0.4) is 0 Å². The molecule has 9 heteroatoms. The van der Waals surface area contributed by atoms with Gasteiger partial charge in [-0.05, 0) is 33.1 Å². The molecule has 0 amide bonds. The topological polar surface area (TPSA) is 55.4 Å². The van der Waals surface area contributed by atoms with Crippen LogP contribution in [-0.4, -0.2) is 59.0 Å². The molecular weight excluding hydrogens is 489 g/mol. The second-order valence-electron chi connectivity index (χ2n) is 9.83. The highest BCUT2D eigenvalue weighted by molar-refractivity contribution is 6.63. The second-order valence-corrected chi connectivity index (χ2v) is 9.83. The molecule has 3 aromatic carbocycles. The average molecular weight is 518 g/mol. The first-order chi connectivity index (χ1) is 19.1. The van der Waals surface area contributed by atoms with Gasteiger partial charge in [0.25, 0.3) is 0 Å². The Morgan fingerprint density at radius 1 is 0.487 bits per heavy atom. The first kappa shape index (κ1) is 26.1. The van der Waals surface area contributed by atoms with Gasteiger partial charge in [0.05, 0.1) is 37.6 Å². The molecule has 0 bridgehead atoms. The molecular formula is C30H29B3O6. The molecule has 3 aliphatic rings. The van der Waals surface area contributed by atoms with Crippen LogP contribution in [0.15, 0.2) is 92.5 Å². The normalized spacial score (nSPS) is 24.8. The highest BCUT2D eigenvalue weighted by Crippen LogP contribution is 2.30. The van der Waals surface area contributed by atoms with Gasteiger partial charge in [0, 0.05) is 0 Å². The largest absolute Gasteiger partial charge is 0.494 e. The van der Waals surface area contributed by atoms with E-state index in [1.165, 1.54) is 0 Å². The molecule has 3 aromatic rings. The van der Waals surface area contributed by atoms with Gasteiger partial charge in [-0.3, -0.25) is 0 Å². The lowest BCUT2D eigenvalue weighted by atomic mass is 9.79. The fourth-order valence-electron chi connectivity index (χ4n) is 5.13. The van der Waals surface area contributed by atoms with Crippen LogP contribution < -0.4 is 16.4 Å². The smallest absolute Gasteiger partial charge is 0.405 e. The van der Waals surface area contributed by atoms with Crippen molar-refractivity contribution in [1.82, 2.24) is 0 Å². The zero-order valence-corrected chi connectivity index (χ0v) is 21.7. The van der Waals surface area contributed by atoms with Crippen molar-refractivity contribution in [3.63, 3.8) is 0 Å². The zero-order chi connectivity index (χ0) is 26.8. The molecule has 3 heterocycles. The Bertz CT molecular complexity index is 1240. The van der Waals surface area contributed by atoms with Crippen molar-refractivity contribution in [3.8, 4) is 0 Å². The SMILES string of the molecule is C=Cc1ccc(B2O[C@H]([C@H]3COB(c4ccc(C=C)cc4)O3)[C@@H]([C@H]3COB(c4ccc(C=C)cc4)O3)O2)cc1. The molecule has 3 fully saturated rings. The molecule has 0 aliphatic carbocycles. The first-order valence-electron chi connectivity index (χ1n) is 13.2. The fourth-order valence-corrected chi connectivity index (χ4v) is 5.13. The van der Waals surface area contributed by atoms with Crippen LogP contribution in [-0.2, 0) is 27.9 Å². The Hall–Kier alpha value is -3.17. The number of hydrogen-bond acceptors (Lipinski definition) is 6. The maximum atomic E-state index is 6.51. The van der Waals surface area contributed by atoms with E-state index < -0.39 is 33.6 Å². The molecule has 0 spiro atoms. The van der Waals surface area contributed by atoms with Crippen LogP contribution in [0.5, 0.6) is 0 Å². The van der Waals surface area contributed by atoms with Crippen molar-refractivity contribution in [3.05, 3.63) is 109 Å². The van der Waals surface area contributed by atoms with Crippen LogP contribution in [0.25, 0.3) is 18.2 Å². The fraction of sp³-hybridized carbons (Fsp3) is 0.200. The van der Waals surface area contributed by atoms with Gasteiger partial charge in [-0.15, -0.1) is 0 Å². The van der Waals surface area contributed by atoms with Crippen LogP contribution in [0.2, 0.25) is 0 Å². The minimum absolute atomic E-state index is 0.342. The number of hydrogen-bond donors (Lipinski definition) is 0. The molecule has 6 rings (SSSR count). The van der Waals surface area contributed by atoms with Crippen LogP contribution in [0.1, 0.15) is 16.7 Å². The first-order valence-corrected chi connectivity index (χ1v) is 13.2. The molecule has 39 heavy (non-hydrogen) atoms. The highest BCUT2D eigenvalue weighted by Gasteiger charge is 2.53. The Morgan fingerprint density at radius 2 is 0.821 bits per heavy atom. The molecule has 0 radical (unpaired) electrons. The average Bonchev–Trinajstić information content (AvgIpc) is 3.77. The van der Waals surface area contributed by atoms with Crippen molar-refractivity contribution >= 4 is 56.0 Å². The summed E-state index contributed by atoms with van der Waals surface area (Å²) in [5, 5.41) is 0. The summed E-state index contributed by atoms with van der Waals surface area (Å²) in [5.74, 6) is 0. The molecule has 4 atom stereocenters. The Morgan fingerprint density at radius 3 is 1.15 bits per heavy atom. The van der Waals surface area contributed by atoms with Crippen LogP contribution >= 0.6 is 0 Å². The third-order valence-electron chi connectivity index (χ3n) is 7.37. The summed E-state index contributed by atoms with van der Waals surface area (Å²) in [6, 6.07) is 23.9. The molecule has 3 aliphatic heterocycles. The van der Waals surface area contributed by atoms with Gasteiger partial charge in [-0.1, -0.05) is 111 Å². The van der Waals surface area contributed by atoms with E-state index in [4.69, 9.17) is 27.9 Å². The standard InChI is InChI=1S/C30H29B3O6/c1-4-21-7-13-24(14-8-21)31-34-19-27(36-31)29-30(39-33(38-29)26-17-11-23(6-3)12-18-26)28-20-35-32(37-28)25-15-9-22(5-2)10-16-25/h4-18,27-30H,1-3,19-20H2/t27-,28-,29-,30-/m1/s1. The zero-order valence-electron chi connectivity index (χ0n) is 21.7. The van der Waals surface area contributed by atoms with Gasteiger partial charge >= 0.3 is 21.4 Å². The lowest BCUT2D eigenvalue weighted by Gasteiger charge is -2.27. The maximum Gasteiger partial charge on any atom is 0.494 e. The van der Waals surface area contributed by atoms with E-state index in [0.717, 1.165) is 33.1 Å². The van der Waals surface area contributed by atoms with E-state index in [2.05, 4.69) is 19.7 Å². The minimum Gasteiger partial charge on any atom is -0.405 e. The molecule has 6 nitrogen and oxygen atoms in total. The minimum atomic E-state index is -0.567. The lowest BCUT2D eigenvalue weighted by Crippen LogP contribution is -2.46. The van der Waals surface area contributed by atoms with Gasteiger partial charge in [-0.25, -0.2) is 0 Å². The Balaban J connectivity index is 1.20. The third-order valence-corrected chi connectivity index (χ3v) is 7.37. The summed E-state index contributed by atoms with van der Waals surface area (Å²) in [4.78, 5) is 0. The maximum absolute atomic E-state index is 6.51. The highest BCUT2D eigenvalue weighted by atomic mass is 16.7. The van der Waals surface area contributed by atoms with E-state index in [1.54, 1.807) is 0 Å². The van der Waals surface area contributed by atoms with Gasteiger partial charge in [0.2, 0.25) is 0 Å². The van der Waals surface area contributed by atoms with Crippen LogP contribution in [0, 0.1) is 0 Å². The van der Waals surface area contributed by atoms with Crippen molar-refractivity contribution in [2.45, 2.75) is 24.4 Å². The summed E-state index contributed by atoms with van der Waals surface area (Å²) < 4.78 is 37.9. The van der Waals surface area contributed by atoms with Crippen molar-refractivity contribution < 1.29 is 27.9 Å². The third kappa shape index (κ3) is 5.47. The van der Waals surface area contributed by atoms with Crippen molar-refractivity contribution in [1.29, 1.82) is 0 Å². The monoisotopic (exact) mass is 518 g/mol. The molecule has 3 saturated heterocycles. The predicted octanol–water partition coefficient (Wildman–Crippen LogP) is 2.72. The van der Waals surface area contributed by atoms with E-state index in [1.807, 2.05) is 91.0 Å². The summed E-state index contributed by atoms with van der Waals surface area (Å²) in [5.41, 5.74) is 5.91. The van der Waals surface area contributed by atoms with Gasteiger partial charge in [0.1, 0.15) is 0 Å². The predicted molar refractivity (Wildman–Crippen MR) is 157 cm³/mol. The molecule has 0 aromatic heterocycles. The van der Waals surface area contributed by atoms with Crippen LogP contribution in [0.4, 0.5) is 0 Å². The van der Waals surface area contributed by atoms with Crippen molar-refractivity contribution in [2.24, 2.45) is 0 Å². The molecule has 0 saturated carbocycles. The Labute approximate surface area is 230 Å². The Kier molecular flexibility index (Phi) is 7.70. The summed E-state index contributed by atoms with van der Waals surface area (Å²) in [7, 11) is -1.54.